The third-order valence-corrected chi connectivity index (χ3v) is 4.69. The van der Waals surface area contributed by atoms with Crippen molar-refractivity contribution in [1.82, 2.24) is 0 Å². The Hall–Kier alpha value is -3.90. The molecule has 0 bridgehead atoms. The van der Waals surface area contributed by atoms with E-state index in [-0.39, 0.29) is 5.57 Å². The van der Waals surface area contributed by atoms with Gasteiger partial charge in [-0.3, -0.25) is 0 Å². The molecule has 0 aliphatic carbocycles. The Bertz CT molecular complexity index is 1220. The fourth-order valence-corrected chi connectivity index (χ4v) is 3.17. The van der Waals surface area contributed by atoms with Gasteiger partial charge in [0.15, 0.2) is 0 Å². The smallest absolute Gasteiger partial charge is 0.131 e. The number of halogens is 1. The van der Waals surface area contributed by atoms with E-state index < -0.39 is 5.82 Å². The molecule has 0 aliphatic rings. The predicted octanol–water partition coefficient (Wildman–Crippen LogP) is 6.62. The Labute approximate surface area is 169 Å². The largest absolute Gasteiger partial charge is 0.489 e. The summed E-state index contributed by atoms with van der Waals surface area (Å²) < 4.78 is 19.8. The number of benzene rings is 4. The first-order chi connectivity index (χ1) is 14.2. The summed E-state index contributed by atoms with van der Waals surface area (Å²) in [6.07, 6.45) is 1.67. The number of hydrogen-bond acceptors (Lipinski definition) is 2. The van der Waals surface area contributed by atoms with Crippen molar-refractivity contribution in [1.29, 1.82) is 5.26 Å². The van der Waals surface area contributed by atoms with Gasteiger partial charge in [0.1, 0.15) is 18.2 Å². The van der Waals surface area contributed by atoms with E-state index in [9.17, 15) is 9.65 Å². The van der Waals surface area contributed by atoms with Gasteiger partial charge in [0, 0.05) is 5.56 Å². The molecule has 0 aromatic heterocycles. The highest BCUT2D eigenvalue weighted by Crippen LogP contribution is 2.23. The molecule has 0 radical (unpaired) electrons. The highest BCUT2D eigenvalue weighted by atomic mass is 19.1. The number of allylic oxidation sites excluding steroid dienone is 1. The Morgan fingerprint density at radius 2 is 1.59 bits per heavy atom. The van der Waals surface area contributed by atoms with E-state index in [1.54, 1.807) is 24.3 Å². The number of hydrogen-bond donors (Lipinski definition) is 0. The van der Waals surface area contributed by atoms with Crippen LogP contribution in [0.15, 0.2) is 91.0 Å². The first-order valence-electron chi connectivity index (χ1n) is 9.30. The van der Waals surface area contributed by atoms with E-state index >= 15 is 0 Å². The average Bonchev–Trinajstić information content (AvgIpc) is 2.77. The standard InChI is InChI=1S/C26H18FNO/c27-26-8-4-3-7-25(26)23(17-28)15-19-10-13-24(14-11-19)29-18-20-9-12-21-5-1-2-6-22(21)16-20/h1-16H,18H2. The van der Waals surface area contributed by atoms with E-state index in [2.05, 4.69) is 36.4 Å². The molecule has 0 spiro atoms. The lowest BCUT2D eigenvalue weighted by atomic mass is 10.0. The highest BCUT2D eigenvalue weighted by molar-refractivity contribution is 5.89. The number of fused-ring (bicyclic) bond motifs is 1. The summed E-state index contributed by atoms with van der Waals surface area (Å²) in [5.74, 6) is 0.329. The maximum absolute atomic E-state index is 13.9. The van der Waals surface area contributed by atoms with Crippen molar-refractivity contribution in [3.05, 3.63) is 114 Å². The summed E-state index contributed by atoms with van der Waals surface area (Å²) in [4.78, 5) is 0. The quantitative estimate of drug-likeness (QED) is 0.288. The van der Waals surface area contributed by atoms with Crippen molar-refractivity contribution in [3.63, 3.8) is 0 Å². The molecule has 0 atom stereocenters. The zero-order valence-electron chi connectivity index (χ0n) is 15.7. The van der Waals surface area contributed by atoms with Gasteiger partial charge in [-0.1, -0.05) is 66.7 Å². The van der Waals surface area contributed by atoms with Crippen molar-refractivity contribution in [2.24, 2.45) is 0 Å². The Morgan fingerprint density at radius 3 is 2.34 bits per heavy atom. The zero-order chi connectivity index (χ0) is 20.1. The van der Waals surface area contributed by atoms with E-state index in [4.69, 9.17) is 4.74 Å². The summed E-state index contributed by atoms with van der Waals surface area (Å²) in [5, 5.41) is 11.8. The van der Waals surface area contributed by atoms with Crippen LogP contribution in [-0.2, 0) is 6.61 Å². The minimum absolute atomic E-state index is 0.285. The topological polar surface area (TPSA) is 33.0 Å². The van der Waals surface area contributed by atoms with Gasteiger partial charge in [0.25, 0.3) is 0 Å². The summed E-state index contributed by atoms with van der Waals surface area (Å²) in [6.45, 7) is 0.471. The number of rotatable bonds is 5. The second kappa shape index (κ2) is 8.41. The molecule has 4 aromatic rings. The lowest BCUT2D eigenvalue weighted by Gasteiger charge is -2.08. The van der Waals surface area contributed by atoms with E-state index in [1.165, 1.54) is 16.8 Å². The molecule has 0 heterocycles. The molecule has 0 saturated carbocycles. The molecule has 140 valence electrons. The normalized spacial score (nSPS) is 11.2. The molecular formula is C26H18FNO. The fourth-order valence-electron chi connectivity index (χ4n) is 3.17. The lowest BCUT2D eigenvalue weighted by Crippen LogP contribution is -1.95. The second-order valence-electron chi connectivity index (χ2n) is 6.69. The maximum atomic E-state index is 13.9. The fraction of sp³-hybridized carbons (Fsp3) is 0.0385. The molecule has 0 amide bonds. The SMILES string of the molecule is N#CC(=Cc1ccc(OCc2ccc3ccccc3c2)cc1)c1ccccc1F. The van der Waals surface area contributed by atoms with Gasteiger partial charge in [0.05, 0.1) is 11.6 Å². The molecule has 2 nitrogen and oxygen atoms in total. The molecule has 4 rings (SSSR count). The van der Waals surface area contributed by atoms with E-state index in [0.29, 0.717) is 12.2 Å². The minimum Gasteiger partial charge on any atom is -0.489 e. The van der Waals surface area contributed by atoms with Crippen LogP contribution in [0.3, 0.4) is 0 Å². The van der Waals surface area contributed by atoms with Gasteiger partial charge in [-0.25, -0.2) is 4.39 Å². The van der Waals surface area contributed by atoms with Gasteiger partial charge >= 0.3 is 0 Å². The van der Waals surface area contributed by atoms with Gasteiger partial charge in [-0.05, 0) is 52.2 Å². The van der Waals surface area contributed by atoms with Crippen LogP contribution < -0.4 is 4.74 Å². The summed E-state index contributed by atoms with van der Waals surface area (Å²) in [7, 11) is 0. The monoisotopic (exact) mass is 379 g/mol. The van der Waals surface area contributed by atoms with E-state index in [0.717, 1.165) is 16.9 Å². The Morgan fingerprint density at radius 1 is 0.862 bits per heavy atom. The van der Waals surface area contributed by atoms with Crippen molar-refractivity contribution in [2.75, 3.05) is 0 Å². The van der Waals surface area contributed by atoms with Crippen molar-refractivity contribution < 1.29 is 9.13 Å². The molecule has 0 aliphatic heterocycles. The first-order valence-corrected chi connectivity index (χ1v) is 9.30. The van der Waals surface area contributed by atoms with Crippen molar-refractivity contribution in [2.45, 2.75) is 6.61 Å². The van der Waals surface area contributed by atoms with Gasteiger partial charge in [-0.2, -0.15) is 5.26 Å². The molecule has 0 unspecified atom stereocenters. The molecule has 29 heavy (non-hydrogen) atoms. The van der Waals surface area contributed by atoms with Crippen LogP contribution in [0, 0.1) is 17.1 Å². The predicted molar refractivity (Wildman–Crippen MR) is 115 cm³/mol. The zero-order valence-corrected chi connectivity index (χ0v) is 15.7. The molecule has 4 aromatic carbocycles. The van der Waals surface area contributed by atoms with Crippen molar-refractivity contribution in [3.8, 4) is 11.8 Å². The van der Waals surface area contributed by atoms with Crippen LogP contribution in [0.4, 0.5) is 4.39 Å². The van der Waals surface area contributed by atoms with Crippen molar-refractivity contribution >= 4 is 22.4 Å². The van der Waals surface area contributed by atoms with Crippen LogP contribution in [-0.4, -0.2) is 0 Å². The number of nitrogens with zero attached hydrogens (tertiary/aromatic N) is 1. The molecule has 0 fully saturated rings. The average molecular weight is 379 g/mol. The molecule has 0 N–H and O–H groups in total. The van der Waals surface area contributed by atoms with Crippen LogP contribution in [0.1, 0.15) is 16.7 Å². The van der Waals surface area contributed by atoms with Crippen LogP contribution in [0.5, 0.6) is 5.75 Å². The summed E-state index contributed by atoms with van der Waals surface area (Å²) in [5.41, 5.74) is 2.49. The highest BCUT2D eigenvalue weighted by Gasteiger charge is 2.07. The lowest BCUT2D eigenvalue weighted by molar-refractivity contribution is 0.306. The third-order valence-electron chi connectivity index (χ3n) is 4.69. The third kappa shape index (κ3) is 4.34. The van der Waals surface area contributed by atoms with Gasteiger partial charge in [-0.15, -0.1) is 0 Å². The molecule has 3 heteroatoms. The minimum atomic E-state index is -0.407. The number of ether oxygens (including phenoxy) is 1. The van der Waals surface area contributed by atoms with Gasteiger partial charge in [0.2, 0.25) is 0 Å². The van der Waals surface area contributed by atoms with Crippen LogP contribution in [0.25, 0.3) is 22.4 Å². The van der Waals surface area contributed by atoms with E-state index in [1.807, 2.05) is 36.4 Å². The second-order valence-corrected chi connectivity index (χ2v) is 6.69. The van der Waals surface area contributed by atoms with Crippen LogP contribution >= 0.6 is 0 Å². The van der Waals surface area contributed by atoms with Crippen LogP contribution in [0.2, 0.25) is 0 Å². The first kappa shape index (κ1) is 18.5. The number of nitriles is 1. The molecule has 0 saturated heterocycles. The Balaban J connectivity index is 1.47. The molecular weight excluding hydrogens is 361 g/mol. The summed E-state index contributed by atoms with van der Waals surface area (Å²) in [6, 6.07) is 30.3. The maximum Gasteiger partial charge on any atom is 0.131 e. The van der Waals surface area contributed by atoms with Gasteiger partial charge < -0.3 is 4.74 Å². The summed E-state index contributed by atoms with van der Waals surface area (Å²) >= 11 is 0. The Kier molecular flexibility index (Phi) is 5.36.